The molecule has 1 fully saturated rings. The van der Waals surface area contributed by atoms with Crippen molar-refractivity contribution in [2.75, 3.05) is 36.4 Å². The first kappa shape index (κ1) is 21.7. The molecule has 166 valence electrons. The van der Waals surface area contributed by atoms with Gasteiger partial charge in [0.2, 0.25) is 11.0 Å². The van der Waals surface area contributed by atoms with Gasteiger partial charge >= 0.3 is 6.03 Å². The van der Waals surface area contributed by atoms with Gasteiger partial charge in [0.25, 0.3) is 0 Å². The van der Waals surface area contributed by atoms with Crippen LogP contribution in [0, 0.1) is 0 Å². The van der Waals surface area contributed by atoms with Gasteiger partial charge in [-0.1, -0.05) is 47.7 Å². The van der Waals surface area contributed by atoms with Gasteiger partial charge in [0.1, 0.15) is 16.9 Å². The van der Waals surface area contributed by atoms with Gasteiger partial charge in [-0.25, -0.2) is 9.78 Å². The Morgan fingerprint density at radius 1 is 1.03 bits per heavy atom. The molecule has 2 aromatic heterocycles. The van der Waals surface area contributed by atoms with Crippen molar-refractivity contribution in [3.8, 4) is 0 Å². The average molecular weight is 452 g/mol. The molecule has 0 bridgehead atoms. The summed E-state index contributed by atoms with van der Waals surface area (Å²) < 4.78 is 0. The van der Waals surface area contributed by atoms with Crippen molar-refractivity contribution in [1.82, 2.24) is 25.4 Å². The van der Waals surface area contributed by atoms with Crippen LogP contribution in [0.25, 0.3) is 0 Å². The smallest absolute Gasteiger partial charge is 0.318 e. The van der Waals surface area contributed by atoms with Crippen molar-refractivity contribution in [2.24, 2.45) is 0 Å². The highest BCUT2D eigenvalue weighted by atomic mass is 32.1. The lowest BCUT2D eigenvalue weighted by Crippen LogP contribution is -2.54. The van der Waals surface area contributed by atoms with Crippen LogP contribution < -0.4 is 15.5 Å². The molecule has 3 amide bonds. The number of hydrogen-bond donors (Lipinski definition) is 2. The monoisotopic (exact) mass is 451 g/mol. The molecule has 32 heavy (non-hydrogen) atoms. The summed E-state index contributed by atoms with van der Waals surface area (Å²) >= 11 is 1.33. The predicted octanol–water partition coefficient (Wildman–Crippen LogP) is 2.38. The lowest BCUT2D eigenvalue weighted by molar-refractivity contribution is -0.117. The van der Waals surface area contributed by atoms with Gasteiger partial charge in [-0.05, 0) is 24.6 Å². The summed E-state index contributed by atoms with van der Waals surface area (Å²) in [4.78, 5) is 33.3. The predicted molar refractivity (Wildman–Crippen MR) is 124 cm³/mol. The van der Waals surface area contributed by atoms with Crippen LogP contribution in [-0.4, -0.2) is 64.2 Å². The van der Waals surface area contributed by atoms with E-state index in [2.05, 4.69) is 30.7 Å². The van der Waals surface area contributed by atoms with Crippen molar-refractivity contribution in [1.29, 1.82) is 0 Å². The Kier molecular flexibility index (Phi) is 6.90. The lowest BCUT2D eigenvalue weighted by atomic mass is 10.2. The molecule has 3 heterocycles. The molecule has 10 heteroatoms. The normalized spacial score (nSPS) is 14.7. The van der Waals surface area contributed by atoms with Crippen LogP contribution in [0.15, 0.2) is 54.7 Å². The summed E-state index contributed by atoms with van der Waals surface area (Å²) in [6.07, 6.45) is 2.42. The molecular weight excluding hydrogens is 426 g/mol. The van der Waals surface area contributed by atoms with E-state index in [0.29, 0.717) is 37.7 Å². The second kappa shape index (κ2) is 10.2. The molecule has 3 aromatic rings. The fraction of sp³-hybridized carbons (Fsp3) is 0.318. The zero-order valence-electron chi connectivity index (χ0n) is 17.8. The third kappa shape index (κ3) is 5.58. The molecular formula is C22H25N7O2S. The van der Waals surface area contributed by atoms with Gasteiger partial charge in [0, 0.05) is 38.8 Å². The highest BCUT2D eigenvalue weighted by molar-refractivity contribution is 7.15. The summed E-state index contributed by atoms with van der Waals surface area (Å²) in [7, 11) is 0. The summed E-state index contributed by atoms with van der Waals surface area (Å²) in [6.45, 7) is 4.18. The van der Waals surface area contributed by atoms with Crippen LogP contribution in [0.5, 0.6) is 0 Å². The number of nitrogens with zero attached hydrogens (tertiary/aromatic N) is 5. The molecule has 1 aliphatic rings. The highest BCUT2D eigenvalue weighted by Crippen LogP contribution is 2.19. The maximum atomic E-state index is 12.6. The van der Waals surface area contributed by atoms with Gasteiger partial charge in [-0.15, -0.1) is 10.2 Å². The van der Waals surface area contributed by atoms with Crippen molar-refractivity contribution in [3.63, 3.8) is 0 Å². The zero-order valence-corrected chi connectivity index (χ0v) is 18.6. The number of benzene rings is 1. The first-order valence-electron chi connectivity index (χ1n) is 10.5. The maximum Gasteiger partial charge on any atom is 0.318 e. The number of nitrogens with one attached hydrogen (secondary N) is 2. The number of hydrogen-bond acceptors (Lipinski definition) is 7. The van der Waals surface area contributed by atoms with Crippen molar-refractivity contribution >= 4 is 34.2 Å². The van der Waals surface area contributed by atoms with E-state index in [1.54, 1.807) is 18.0 Å². The Morgan fingerprint density at radius 3 is 2.50 bits per heavy atom. The van der Waals surface area contributed by atoms with Crippen molar-refractivity contribution < 1.29 is 9.59 Å². The van der Waals surface area contributed by atoms with Crippen LogP contribution in [0.3, 0.4) is 0 Å². The Balaban J connectivity index is 1.24. The molecule has 9 nitrogen and oxygen atoms in total. The van der Waals surface area contributed by atoms with Gasteiger partial charge in [0.05, 0.1) is 0 Å². The summed E-state index contributed by atoms with van der Waals surface area (Å²) in [6, 6.07) is 14.8. The van der Waals surface area contributed by atoms with E-state index >= 15 is 0 Å². The van der Waals surface area contributed by atoms with E-state index in [4.69, 9.17) is 0 Å². The van der Waals surface area contributed by atoms with Crippen LogP contribution >= 0.6 is 11.3 Å². The lowest BCUT2D eigenvalue weighted by Gasteiger charge is -2.35. The zero-order chi connectivity index (χ0) is 22.3. The minimum Gasteiger partial charge on any atom is -0.353 e. The topological polar surface area (TPSA) is 103 Å². The summed E-state index contributed by atoms with van der Waals surface area (Å²) in [5.41, 5.74) is 1.13. The fourth-order valence-corrected chi connectivity index (χ4v) is 4.16. The number of piperazine rings is 1. The number of carbonyl (C=O) groups is 2. The Labute approximate surface area is 190 Å². The van der Waals surface area contributed by atoms with Crippen LogP contribution in [0.2, 0.25) is 0 Å². The number of aromatic nitrogens is 3. The Bertz CT molecular complexity index is 1040. The first-order valence-corrected chi connectivity index (χ1v) is 11.3. The third-order valence-electron chi connectivity index (χ3n) is 5.17. The average Bonchev–Trinajstić information content (AvgIpc) is 3.26. The standard InChI is InChI=1S/C22H25N7O2S/c1-16(20(30)25-21-27-26-19(32-21)15-17-7-3-2-4-8-17)24-22(31)29-13-11-28(12-14-29)18-9-5-6-10-23-18/h2-10,16H,11-15H2,1H3,(H,24,31)(H,25,27,30)/t16-/m1/s1. The van der Waals surface area contributed by atoms with Gasteiger partial charge in [-0.3, -0.25) is 10.1 Å². The van der Waals surface area contributed by atoms with E-state index in [9.17, 15) is 9.59 Å². The third-order valence-corrected chi connectivity index (χ3v) is 6.01. The van der Waals surface area contributed by atoms with E-state index in [0.717, 1.165) is 16.4 Å². The number of amides is 3. The van der Waals surface area contributed by atoms with Crippen molar-refractivity contribution in [3.05, 3.63) is 65.3 Å². The number of rotatable bonds is 6. The quantitative estimate of drug-likeness (QED) is 0.597. The largest absolute Gasteiger partial charge is 0.353 e. The van der Waals surface area contributed by atoms with Gasteiger partial charge < -0.3 is 15.1 Å². The number of pyridine rings is 1. The molecule has 4 rings (SSSR count). The van der Waals surface area contributed by atoms with Crippen molar-refractivity contribution in [2.45, 2.75) is 19.4 Å². The molecule has 0 saturated carbocycles. The molecule has 0 radical (unpaired) electrons. The van der Waals surface area contributed by atoms with E-state index in [1.807, 2.05) is 48.5 Å². The summed E-state index contributed by atoms with van der Waals surface area (Å²) in [5, 5.41) is 14.9. The molecule has 0 spiro atoms. The molecule has 1 saturated heterocycles. The SMILES string of the molecule is C[C@@H](NC(=O)N1CCN(c2ccccn2)CC1)C(=O)Nc1nnc(Cc2ccccc2)s1. The molecule has 1 aliphatic heterocycles. The van der Waals surface area contributed by atoms with Crippen LogP contribution in [0.4, 0.5) is 15.7 Å². The highest BCUT2D eigenvalue weighted by Gasteiger charge is 2.25. The van der Waals surface area contributed by atoms with Gasteiger partial charge in [-0.2, -0.15) is 0 Å². The fourth-order valence-electron chi connectivity index (χ4n) is 3.38. The Morgan fingerprint density at radius 2 is 1.78 bits per heavy atom. The molecule has 1 aromatic carbocycles. The second-order valence-corrected chi connectivity index (χ2v) is 8.55. The molecule has 0 aliphatic carbocycles. The van der Waals surface area contributed by atoms with E-state index < -0.39 is 6.04 Å². The Hall–Kier alpha value is -3.53. The van der Waals surface area contributed by atoms with E-state index in [-0.39, 0.29) is 11.9 Å². The molecule has 1 atom stereocenters. The molecule has 2 N–H and O–H groups in total. The number of carbonyl (C=O) groups excluding carboxylic acids is 2. The van der Waals surface area contributed by atoms with Crippen LogP contribution in [-0.2, 0) is 11.2 Å². The molecule has 0 unspecified atom stereocenters. The minimum atomic E-state index is -0.696. The number of urea groups is 1. The second-order valence-electron chi connectivity index (χ2n) is 7.49. The minimum absolute atomic E-state index is 0.254. The summed E-state index contributed by atoms with van der Waals surface area (Å²) in [5.74, 6) is 0.580. The maximum absolute atomic E-state index is 12.6. The van der Waals surface area contributed by atoms with E-state index in [1.165, 1.54) is 11.3 Å². The van der Waals surface area contributed by atoms with Crippen LogP contribution in [0.1, 0.15) is 17.5 Å². The van der Waals surface area contributed by atoms with Gasteiger partial charge in [0.15, 0.2) is 0 Å². The number of anilines is 2. The first-order chi connectivity index (χ1) is 15.6.